The van der Waals surface area contributed by atoms with Crippen LogP contribution in [0.4, 0.5) is 5.69 Å². The van der Waals surface area contributed by atoms with Crippen LogP contribution >= 0.6 is 15.9 Å². The lowest BCUT2D eigenvalue weighted by atomic mass is 10.2. The van der Waals surface area contributed by atoms with Crippen molar-refractivity contribution in [1.29, 1.82) is 0 Å². The molecule has 1 amide bonds. The number of rotatable bonds is 6. The molecule has 6 nitrogen and oxygen atoms in total. The number of esters is 1. The molecule has 24 heavy (non-hydrogen) atoms. The number of amides is 1. The molecule has 1 N–H and O–H groups in total. The van der Waals surface area contributed by atoms with Crippen LogP contribution in [0.2, 0.25) is 0 Å². The van der Waals surface area contributed by atoms with E-state index in [1.54, 1.807) is 42.5 Å². The standard InChI is InChI=1S/C17H16BrNO5/c1-22-13-7-8-15(23-2)14(9-13)19-16(20)10-24-17(21)11-3-5-12(18)6-4-11/h3-9H,10H2,1-2H3,(H,19,20). The molecule has 2 rings (SSSR count). The van der Waals surface area contributed by atoms with E-state index in [0.29, 0.717) is 22.7 Å². The van der Waals surface area contributed by atoms with Gasteiger partial charge in [-0.15, -0.1) is 0 Å². The van der Waals surface area contributed by atoms with Crippen LogP contribution in [0.1, 0.15) is 10.4 Å². The van der Waals surface area contributed by atoms with Crippen LogP contribution in [0.5, 0.6) is 11.5 Å². The molecular weight excluding hydrogens is 378 g/mol. The van der Waals surface area contributed by atoms with Gasteiger partial charge in [0.2, 0.25) is 0 Å². The quantitative estimate of drug-likeness (QED) is 0.762. The highest BCUT2D eigenvalue weighted by Gasteiger charge is 2.13. The van der Waals surface area contributed by atoms with E-state index < -0.39 is 18.5 Å². The molecule has 0 saturated carbocycles. The number of carbonyl (C=O) groups is 2. The Hall–Kier alpha value is -2.54. The largest absolute Gasteiger partial charge is 0.497 e. The summed E-state index contributed by atoms with van der Waals surface area (Å²) >= 11 is 3.28. The number of ether oxygens (including phenoxy) is 3. The van der Waals surface area contributed by atoms with Crippen molar-refractivity contribution in [2.75, 3.05) is 26.1 Å². The maximum atomic E-state index is 12.0. The molecule has 0 aromatic heterocycles. The Labute approximate surface area is 147 Å². The minimum Gasteiger partial charge on any atom is -0.497 e. The van der Waals surface area contributed by atoms with Crippen LogP contribution < -0.4 is 14.8 Å². The second kappa shape index (κ2) is 8.35. The predicted molar refractivity (Wildman–Crippen MR) is 92.6 cm³/mol. The van der Waals surface area contributed by atoms with Crippen molar-refractivity contribution >= 4 is 33.5 Å². The lowest BCUT2D eigenvalue weighted by Crippen LogP contribution is -2.21. The molecule has 126 valence electrons. The highest BCUT2D eigenvalue weighted by Crippen LogP contribution is 2.28. The molecule has 0 aliphatic heterocycles. The van der Waals surface area contributed by atoms with Gasteiger partial charge in [0.1, 0.15) is 11.5 Å². The molecule has 7 heteroatoms. The highest BCUT2D eigenvalue weighted by atomic mass is 79.9. The van der Waals surface area contributed by atoms with Crippen molar-refractivity contribution in [3.05, 3.63) is 52.5 Å². The summed E-state index contributed by atoms with van der Waals surface area (Å²) in [5.41, 5.74) is 0.798. The molecule has 0 spiro atoms. The molecule has 0 saturated heterocycles. The molecule has 0 atom stereocenters. The van der Waals surface area contributed by atoms with Gasteiger partial charge in [-0.1, -0.05) is 15.9 Å². The Morgan fingerprint density at radius 2 is 1.75 bits per heavy atom. The first-order chi connectivity index (χ1) is 11.5. The molecule has 2 aromatic rings. The van der Waals surface area contributed by atoms with E-state index >= 15 is 0 Å². The van der Waals surface area contributed by atoms with E-state index in [1.165, 1.54) is 14.2 Å². The van der Waals surface area contributed by atoms with Crippen LogP contribution in [0, 0.1) is 0 Å². The van der Waals surface area contributed by atoms with Gasteiger partial charge < -0.3 is 19.5 Å². The summed E-state index contributed by atoms with van der Waals surface area (Å²) in [5, 5.41) is 2.62. The number of hydrogen-bond donors (Lipinski definition) is 1. The molecule has 0 aliphatic carbocycles. The average molecular weight is 394 g/mol. The van der Waals surface area contributed by atoms with E-state index in [4.69, 9.17) is 14.2 Å². The number of benzene rings is 2. The fourth-order valence-corrected chi connectivity index (χ4v) is 2.16. The zero-order chi connectivity index (χ0) is 17.5. The van der Waals surface area contributed by atoms with Gasteiger partial charge in [-0.3, -0.25) is 4.79 Å². The van der Waals surface area contributed by atoms with E-state index in [2.05, 4.69) is 21.2 Å². The van der Waals surface area contributed by atoms with Crippen LogP contribution in [-0.2, 0) is 9.53 Å². The van der Waals surface area contributed by atoms with Gasteiger partial charge in [0.15, 0.2) is 6.61 Å². The Kier molecular flexibility index (Phi) is 6.20. The Balaban J connectivity index is 1.96. The van der Waals surface area contributed by atoms with E-state index in [1.807, 2.05) is 0 Å². The van der Waals surface area contributed by atoms with E-state index in [-0.39, 0.29) is 0 Å². The molecule has 0 unspecified atom stereocenters. The minimum absolute atomic E-state index is 0.366. The number of hydrogen-bond acceptors (Lipinski definition) is 5. The Morgan fingerprint density at radius 1 is 1.04 bits per heavy atom. The number of halogens is 1. The average Bonchev–Trinajstić information content (AvgIpc) is 2.60. The third-order valence-electron chi connectivity index (χ3n) is 3.10. The summed E-state index contributed by atoms with van der Waals surface area (Å²) in [6.45, 7) is -0.407. The predicted octanol–water partition coefficient (Wildman–Crippen LogP) is 3.26. The summed E-state index contributed by atoms with van der Waals surface area (Å²) in [6, 6.07) is 11.7. The van der Waals surface area contributed by atoms with Crippen molar-refractivity contribution in [2.24, 2.45) is 0 Å². The zero-order valence-corrected chi connectivity index (χ0v) is 14.8. The monoisotopic (exact) mass is 393 g/mol. The maximum Gasteiger partial charge on any atom is 0.338 e. The summed E-state index contributed by atoms with van der Waals surface area (Å²) in [5.74, 6) is -0.0105. The first-order valence-corrected chi connectivity index (χ1v) is 7.77. The number of anilines is 1. The molecule has 0 heterocycles. The molecule has 2 aromatic carbocycles. The second-order valence-corrected chi connectivity index (χ2v) is 5.61. The highest BCUT2D eigenvalue weighted by molar-refractivity contribution is 9.10. The van der Waals surface area contributed by atoms with E-state index in [9.17, 15) is 9.59 Å². The van der Waals surface area contributed by atoms with Crippen molar-refractivity contribution in [3.63, 3.8) is 0 Å². The van der Waals surface area contributed by atoms with Gasteiger partial charge in [-0.2, -0.15) is 0 Å². The van der Waals surface area contributed by atoms with Crippen molar-refractivity contribution in [1.82, 2.24) is 0 Å². The summed E-state index contributed by atoms with van der Waals surface area (Å²) in [6.07, 6.45) is 0. The summed E-state index contributed by atoms with van der Waals surface area (Å²) < 4.78 is 16.1. The van der Waals surface area contributed by atoms with Crippen molar-refractivity contribution in [3.8, 4) is 11.5 Å². The normalized spacial score (nSPS) is 9.96. The topological polar surface area (TPSA) is 73.9 Å². The third kappa shape index (κ3) is 4.73. The van der Waals surface area contributed by atoms with Gasteiger partial charge in [-0.05, 0) is 36.4 Å². The number of carbonyl (C=O) groups excluding carboxylic acids is 2. The second-order valence-electron chi connectivity index (χ2n) is 4.70. The molecular formula is C17H16BrNO5. The van der Waals surface area contributed by atoms with Crippen LogP contribution in [0.3, 0.4) is 0 Å². The van der Waals surface area contributed by atoms with Crippen LogP contribution in [0.25, 0.3) is 0 Å². The van der Waals surface area contributed by atoms with E-state index in [0.717, 1.165) is 4.47 Å². The number of methoxy groups -OCH3 is 2. The Morgan fingerprint density at radius 3 is 2.38 bits per heavy atom. The van der Waals surface area contributed by atoms with Crippen LogP contribution in [0.15, 0.2) is 46.9 Å². The lowest BCUT2D eigenvalue weighted by molar-refractivity contribution is -0.119. The van der Waals surface area contributed by atoms with Gasteiger partial charge in [0.25, 0.3) is 5.91 Å². The third-order valence-corrected chi connectivity index (χ3v) is 3.62. The fraction of sp³-hybridized carbons (Fsp3) is 0.176. The number of nitrogens with one attached hydrogen (secondary N) is 1. The first-order valence-electron chi connectivity index (χ1n) is 6.98. The molecule has 0 radical (unpaired) electrons. The van der Waals surface area contributed by atoms with Crippen LogP contribution in [-0.4, -0.2) is 32.7 Å². The van der Waals surface area contributed by atoms with Gasteiger partial charge in [-0.25, -0.2) is 4.79 Å². The van der Waals surface area contributed by atoms with Gasteiger partial charge in [0.05, 0.1) is 25.5 Å². The smallest absolute Gasteiger partial charge is 0.338 e. The van der Waals surface area contributed by atoms with Crippen molar-refractivity contribution < 1.29 is 23.8 Å². The fourth-order valence-electron chi connectivity index (χ4n) is 1.90. The summed E-state index contributed by atoms with van der Waals surface area (Å²) in [7, 11) is 3.01. The van der Waals surface area contributed by atoms with Crippen molar-refractivity contribution in [2.45, 2.75) is 0 Å². The Bertz CT molecular complexity index is 730. The minimum atomic E-state index is -0.574. The summed E-state index contributed by atoms with van der Waals surface area (Å²) in [4.78, 5) is 23.9. The van der Waals surface area contributed by atoms with Gasteiger partial charge in [0, 0.05) is 10.5 Å². The molecule has 0 bridgehead atoms. The lowest BCUT2D eigenvalue weighted by Gasteiger charge is -2.12. The van der Waals surface area contributed by atoms with Gasteiger partial charge >= 0.3 is 5.97 Å². The molecule has 0 fully saturated rings. The zero-order valence-electron chi connectivity index (χ0n) is 13.2. The first kappa shape index (κ1) is 17.8. The SMILES string of the molecule is COc1ccc(OC)c(NC(=O)COC(=O)c2ccc(Br)cc2)c1. The maximum absolute atomic E-state index is 12.0. The molecule has 0 aliphatic rings.